The zero-order chi connectivity index (χ0) is 26.3. The van der Waals surface area contributed by atoms with Gasteiger partial charge in [0.05, 0.1) is 27.5 Å². The lowest BCUT2D eigenvalue weighted by atomic mass is 10.0. The minimum absolute atomic E-state index is 0.0922. The van der Waals surface area contributed by atoms with Gasteiger partial charge in [-0.05, 0) is 54.1 Å². The van der Waals surface area contributed by atoms with Crippen LogP contribution < -0.4 is 5.73 Å². The third-order valence-electron chi connectivity index (χ3n) is 5.91. The topological polar surface area (TPSA) is 73.8 Å². The first-order valence-electron chi connectivity index (χ1n) is 11.0. The minimum atomic E-state index is -4.44. The second-order valence-corrected chi connectivity index (χ2v) is 8.71. The molecule has 3 aromatic carbocycles. The van der Waals surface area contributed by atoms with Crippen LogP contribution in [0.1, 0.15) is 11.1 Å². The molecule has 5 nitrogen and oxygen atoms in total. The average molecular weight is 519 g/mol. The normalized spacial score (nSPS) is 11.6. The Bertz CT molecular complexity index is 1670. The van der Waals surface area contributed by atoms with Crippen LogP contribution in [0, 0.1) is 0 Å². The number of hydrogen-bond donors (Lipinski definition) is 1. The summed E-state index contributed by atoms with van der Waals surface area (Å²) in [6.07, 6.45) is -2.84. The molecule has 0 atom stereocenters. The molecule has 5 aromatic rings. The van der Waals surface area contributed by atoms with Crippen molar-refractivity contribution in [3.05, 3.63) is 108 Å². The van der Waals surface area contributed by atoms with Gasteiger partial charge >= 0.3 is 6.18 Å². The third-order valence-corrected chi connectivity index (χ3v) is 6.22. The molecule has 0 radical (unpaired) electrons. The zero-order valence-corrected chi connectivity index (χ0v) is 19.9. The molecule has 1 amide bonds. The maximum Gasteiger partial charge on any atom is 0.416 e. The molecule has 0 bridgehead atoms. The van der Waals surface area contributed by atoms with Crippen molar-refractivity contribution in [2.24, 2.45) is 5.73 Å². The fraction of sp³-hybridized carbons (Fsp3) is 0.0357. The second-order valence-electron chi connectivity index (χ2n) is 8.30. The Hall–Kier alpha value is -4.43. The molecule has 0 aliphatic heterocycles. The quantitative estimate of drug-likeness (QED) is 0.256. The molecule has 0 unspecified atom stereocenters. The van der Waals surface area contributed by atoms with Crippen LogP contribution in [0.3, 0.4) is 0 Å². The van der Waals surface area contributed by atoms with E-state index in [0.717, 1.165) is 17.5 Å². The molecular weight excluding hydrogens is 501 g/mol. The van der Waals surface area contributed by atoms with E-state index in [1.165, 1.54) is 12.1 Å². The van der Waals surface area contributed by atoms with Crippen molar-refractivity contribution in [1.29, 1.82) is 0 Å². The summed E-state index contributed by atoms with van der Waals surface area (Å²) in [5.41, 5.74) is 8.70. The largest absolute Gasteiger partial charge is 0.416 e. The lowest BCUT2D eigenvalue weighted by molar-refractivity contribution is -0.137. The Morgan fingerprint density at radius 1 is 0.919 bits per heavy atom. The van der Waals surface area contributed by atoms with E-state index in [-0.39, 0.29) is 5.57 Å². The number of nitrogens with two attached hydrogens (primary N) is 1. The summed E-state index contributed by atoms with van der Waals surface area (Å²) in [7, 11) is 0. The van der Waals surface area contributed by atoms with Gasteiger partial charge in [0.1, 0.15) is 5.69 Å². The number of hydrogen-bond acceptors (Lipinski definition) is 3. The van der Waals surface area contributed by atoms with E-state index >= 15 is 0 Å². The number of fused-ring (bicyclic) bond motifs is 1. The predicted molar refractivity (Wildman–Crippen MR) is 138 cm³/mol. The van der Waals surface area contributed by atoms with Gasteiger partial charge in [-0.15, -0.1) is 0 Å². The molecular formula is C28H18ClF3N4O. The summed E-state index contributed by atoms with van der Waals surface area (Å²) in [5.74, 6) is -0.689. The van der Waals surface area contributed by atoms with E-state index in [0.29, 0.717) is 44.3 Å². The number of carbonyl (C=O) groups excluding carboxylic acids is 1. The van der Waals surface area contributed by atoms with E-state index in [4.69, 9.17) is 22.4 Å². The molecule has 0 fully saturated rings. The summed E-state index contributed by atoms with van der Waals surface area (Å²) in [6, 6.07) is 20.8. The molecule has 2 aromatic heterocycles. The second kappa shape index (κ2) is 9.22. The number of alkyl halides is 3. The van der Waals surface area contributed by atoms with Gasteiger partial charge in [-0.3, -0.25) is 9.78 Å². The summed E-state index contributed by atoms with van der Waals surface area (Å²) in [5, 5.41) is 5.90. The number of pyridine rings is 1. The van der Waals surface area contributed by atoms with Crippen LogP contribution in [-0.2, 0) is 11.0 Å². The monoisotopic (exact) mass is 518 g/mol. The van der Waals surface area contributed by atoms with E-state index in [2.05, 4.69) is 11.6 Å². The van der Waals surface area contributed by atoms with Gasteiger partial charge in [0.25, 0.3) is 0 Å². The van der Waals surface area contributed by atoms with Crippen LogP contribution in [0.2, 0.25) is 5.02 Å². The predicted octanol–water partition coefficient (Wildman–Crippen LogP) is 6.93. The number of carbonyl (C=O) groups is 1. The van der Waals surface area contributed by atoms with E-state index in [1.807, 2.05) is 30.3 Å². The van der Waals surface area contributed by atoms with Gasteiger partial charge in [-0.2, -0.15) is 18.3 Å². The molecule has 37 heavy (non-hydrogen) atoms. The number of primary amides is 1. The zero-order valence-electron chi connectivity index (χ0n) is 19.1. The van der Waals surface area contributed by atoms with Gasteiger partial charge in [-0.1, -0.05) is 48.5 Å². The molecule has 2 N–H and O–H groups in total. The van der Waals surface area contributed by atoms with Crippen LogP contribution in [-0.4, -0.2) is 20.7 Å². The lowest BCUT2D eigenvalue weighted by Crippen LogP contribution is -2.12. The van der Waals surface area contributed by atoms with Crippen molar-refractivity contribution in [1.82, 2.24) is 14.8 Å². The number of rotatable bonds is 5. The Balaban J connectivity index is 1.73. The summed E-state index contributed by atoms with van der Waals surface area (Å²) in [4.78, 5) is 16.3. The van der Waals surface area contributed by atoms with Crippen molar-refractivity contribution < 1.29 is 18.0 Å². The number of halogens is 4. The van der Waals surface area contributed by atoms with E-state index in [1.54, 1.807) is 35.1 Å². The molecule has 0 aliphatic rings. The average Bonchev–Trinajstić information content (AvgIpc) is 3.27. The molecule has 5 rings (SSSR count). The fourth-order valence-electron chi connectivity index (χ4n) is 4.08. The van der Waals surface area contributed by atoms with Crippen molar-refractivity contribution in [3.8, 4) is 28.2 Å². The standard InChI is InChI=1S/C28H18ClF3N4O/c1-16(27(33)37)18-13-19(26-23(29)6-4-12-34-26)15-21(14-18)36-24-7-3-2-5-22(24)25(35-36)17-8-10-20(11-9-17)28(30,31)32/h2-15H,1H2,(H2,33,37). The first-order valence-corrected chi connectivity index (χ1v) is 11.4. The highest BCUT2D eigenvalue weighted by molar-refractivity contribution is 6.33. The van der Waals surface area contributed by atoms with Gasteiger partial charge in [-0.25, -0.2) is 4.68 Å². The highest BCUT2D eigenvalue weighted by Crippen LogP contribution is 2.35. The van der Waals surface area contributed by atoms with Gasteiger partial charge in [0.2, 0.25) is 5.91 Å². The fourth-order valence-corrected chi connectivity index (χ4v) is 4.31. The maximum atomic E-state index is 13.1. The Labute approximate surface area is 214 Å². The Kier molecular flexibility index (Phi) is 6.05. The maximum absolute atomic E-state index is 13.1. The van der Waals surface area contributed by atoms with Gasteiger partial charge in [0, 0.05) is 28.3 Å². The number of benzene rings is 3. The molecule has 0 saturated carbocycles. The number of aromatic nitrogens is 3. The highest BCUT2D eigenvalue weighted by atomic mass is 35.5. The summed E-state index contributed by atoms with van der Waals surface area (Å²) < 4.78 is 40.9. The molecule has 2 heterocycles. The van der Waals surface area contributed by atoms with Crippen molar-refractivity contribution in [3.63, 3.8) is 0 Å². The van der Waals surface area contributed by atoms with Crippen LogP contribution in [0.15, 0.2) is 91.6 Å². The number of nitrogens with zero attached hydrogens (tertiary/aromatic N) is 3. The molecule has 0 spiro atoms. The first-order chi connectivity index (χ1) is 17.6. The van der Waals surface area contributed by atoms with Crippen LogP contribution >= 0.6 is 11.6 Å². The van der Waals surface area contributed by atoms with Gasteiger partial charge in [0.15, 0.2) is 0 Å². The SMILES string of the molecule is C=C(C(N)=O)c1cc(-c2ncccc2Cl)cc(-n2nc(-c3ccc(C(F)(F)F)cc3)c3ccccc32)c1. The Morgan fingerprint density at radius 3 is 2.32 bits per heavy atom. The van der Waals surface area contributed by atoms with Crippen LogP contribution in [0.5, 0.6) is 0 Å². The van der Waals surface area contributed by atoms with Gasteiger partial charge < -0.3 is 5.73 Å². The third kappa shape index (κ3) is 4.59. The summed E-state index contributed by atoms with van der Waals surface area (Å²) in [6.45, 7) is 3.81. The molecule has 0 aliphatic carbocycles. The lowest BCUT2D eigenvalue weighted by Gasteiger charge is -2.12. The minimum Gasteiger partial charge on any atom is -0.366 e. The van der Waals surface area contributed by atoms with E-state index < -0.39 is 17.6 Å². The Morgan fingerprint density at radius 2 is 1.65 bits per heavy atom. The van der Waals surface area contributed by atoms with Crippen molar-refractivity contribution in [2.45, 2.75) is 6.18 Å². The molecule has 9 heteroatoms. The van der Waals surface area contributed by atoms with E-state index in [9.17, 15) is 18.0 Å². The summed E-state index contributed by atoms with van der Waals surface area (Å²) >= 11 is 6.40. The first kappa shape index (κ1) is 24.3. The molecule has 0 saturated heterocycles. The van der Waals surface area contributed by atoms with Crippen LogP contribution in [0.4, 0.5) is 13.2 Å². The number of para-hydroxylation sites is 1. The smallest absolute Gasteiger partial charge is 0.366 e. The van der Waals surface area contributed by atoms with Crippen LogP contribution in [0.25, 0.3) is 44.7 Å². The molecule has 184 valence electrons. The van der Waals surface area contributed by atoms with Crippen molar-refractivity contribution >= 4 is 34.0 Å². The van der Waals surface area contributed by atoms with Crippen molar-refractivity contribution in [2.75, 3.05) is 0 Å². The highest BCUT2D eigenvalue weighted by Gasteiger charge is 2.30. The number of amides is 1.